The fourth-order valence-corrected chi connectivity index (χ4v) is 5.38. The van der Waals surface area contributed by atoms with Gasteiger partial charge >= 0.3 is 6.98 Å². The Balaban J connectivity index is 1.62. The summed E-state index contributed by atoms with van der Waals surface area (Å²) in [4.78, 5) is 9.65. The maximum Gasteiger partial charge on any atom is 0.422 e. The zero-order valence-electron chi connectivity index (χ0n) is 18.0. The van der Waals surface area contributed by atoms with Gasteiger partial charge in [0.25, 0.3) is 0 Å². The lowest BCUT2D eigenvalue weighted by molar-refractivity contribution is 1.24. The van der Waals surface area contributed by atoms with Gasteiger partial charge in [-0.1, -0.05) is 72.8 Å². The van der Waals surface area contributed by atoms with Crippen molar-refractivity contribution in [1.29, 1.82) is 0 Å². The van der Waals surface area contributed by atoms with E-state index < -0.39 is 0 Å². The summed E-state index contributed by atoms with van der Waals surface area (Å²) in [5.41, 5.74) is 10.9. The highest BCUT2D eigenvalue weighted by atomic mass is 15.2. The third-order valence-corrected chi connectivity index (χ3v) is 6.71. The SMILES string of the molecule is c1ccc(N2B3c4c(cncc4-c4ccccc4N3c3ccccc3)-c3ccccc32)cc1. The second kappa shape index (κ2) is 7.11. The maximum atomic E-state index is 4.69. The predicted molar refractivity (Wildman–Crippen MR) is 138 cm³/mol. The smallest absolute Gasteiger partial charge is 0.361 e. The van der Waals surface area contributed by atoms with E-state index in [1.54, 1.807) is 0 Å². The number of nitrogens with zero attached hydrogens (tertiary/aromatic N) is 3. The molecular formula is C29H20BN3. The van der Waals surface area contributed by atoms with Gasteiger partial charge in [0, 0.05) is 57.4 Å². The molecule has 5 aromatic rings. The molecule has 0 amide bonds. The molecule has 0 aliphatic carbocycles. The van der Waals surface area contributed by atoms with Crippen LogP contribution in [0.25, 0.3) is 22.3 Å². The van der Waals surface area contributed by atoms with Crippen molar-refractivity contribution >= 4 is 35.2 Å². The Bertz CT molecular complexity index is 1370. The number of fused-ring (bicyclic) bond motifs is 4. The predicted octanol–water partition coefficient (Wildman–Crippen LogP) is 6.41. The zero-order valence-corrected chi connectivity index (χ0v) is 18.0. The third-order valence-electron chi connectivity index (χ3n) is 6.71. The standard InChI is InChI=1S/C29H20BN3/c1-3-11-21(12-4-1)32-27-17-9-7-15-23(27)25-19-31-20-26-24-16-8-10-18-28(24)33(30(32)29(25)26)22-13-5-2-6-14-22/h1-20H. The van der Waals surface area contributed by atoms with Crippen LogP contribution in [0.4, 0.5) is 22.7 Å². The Morgan fingerprint density at radius 2 is 0.879 bits per heavy atom. The molecule has 0 spiro atoms. The Morgan fingerprint density at radius 3 is 1.36 bits per heavy atom. The number of benzene rings is 4. The van der Waals surface area contributed by atoms with Crippen LogP contribution >= 0.6 is 0 Å². The van der Waals surface area contributed by atoms with Crippen LogP contribution in [0.3, 0.4) is 0 Å². The van der Waals surface area contributed by atoms with E-state index in [9.17, 15) is 0 Å². The minimum Gasteiger partial charge on any atom is -0.361 e. The molecule has 3 nitrogen and oxygen atoms in total. The molecule has 0 radical (unpaired) electrons. The van der Waals surface area contributed by atoms with Crippen LogP contribution in [0, 0.1) is 0 Å². The molecule has 3 heterocycles. The van der Waals surface area contributed by atoms with Gasteiger partial charge < -0.3 is 9.62 Å². The lowest BCUT2D eigenvalue weighted by Crippen LogP contribution is -2.61. The van der Waals surface area contributed by atoms with E-state index in [2.05, 4.69) is 119 Å². The number of hydrogen-bond donors (Lipinski definition) is 0. The largest absolute Gasteiger partial charge is 0.422 e. The van der Waals surface area contributed by atoms with Crippen LogP contribution < -0.4 is 15.1 Å². The molecule has 4 heteroatoms. The minimum atomic E-state index is -0.0346. The van der Waals surface area contributed by atoms with Crippen molar-refractivity contribution in [1.82, 2.24) is 4.98 Å². The fraction of sp³-hybridized carbons (Fsp3) is 0. The molecule has 0 fully saturated rings. The summed E-state index contributed by atoms with van der Waals surface area (Å²) in [5.74, 6) is 0. The average Bonchev–Trinajstić information content (AvgIpc) is 2.90. The number of aromatic nitrogens is 1. The van der Waals surface area contributed by atoms with Crippen LogP contribution in [0.5, 0.6) is 0 Å². The van der Waals surface area contributed by atoms with E-state index in [1.165, 1.54) is 50.5 Å². The van der Waals surface area contributed by atoms with E-state index in [-0.39, 0.29) is 6.98 Å². The van der Waals surface area contributed by atoms with Gasteiger partial charge in [0.2, 0.25) is 0 Å². The van der Waals surface area contributed by atoms with Crippen LogP contribution in [0.2, 0.25) is 0 Å². The first-order chi connectivity index (χ1) is 16.4. The van der Waals surface area contributed by atoms with Crippen LogP contribution in [0.1, 0.15) is 0 Å². The summed E-state index contributed by atoms with van der Waals surface area (Å²) in [6, 6.07) is 38.8. The van der Waals surface area contributed by atoms with Gasteiger partial charge in [-0.2, -0.15) is 0 Å². The summed E-state index contributed by atoms with van der Waals surface area (Å²) >= 11 is 0. The van der Waals surface area contributed by atoms with E-state index in [0.717, 1.165) is 0 Å². The molecule has 1 aromatic heterocycles. The lowest BCUT2D eigenvalue weighted by Gasteiger charge is -2.47. The highest BCUT2D eigenvalue weighted by Gasteiger charge is 2.46. The van der Waals surface area contributed by atoms with Gasteiger partial charge in [-0.25, -0.2) is 0 Å². The molecule has 4 aromatic carbocycles. The van der Waals surface area contributed by atoms with Gasteiger partial charge in [0.05, 0.1) is 0 Å². The van der Waals surface area contributed by atoms with E-state index in [1.807, 2.05) is 12.4 Å². The fourth-order valence-electron chi connectivity index (χ4n) is 5.38. The van der Waals surface area contributed by atoms with Crippen LogP contribution in [-0.4, -0.2) is 12.0 Å². The Labute approximate surface area is 193 Å². The van der Waals surface area contributed by atoms with Gasteiger partial charge in [-0.15, -0.1) is 0 Å². The van der Waals surface area contributed by atoms with Gasteiger partial charge in [-0.05, 0) is 41.9 Å². The Kier molecular flexibility index (Phi) is 3.94. The lowest BCUT2D eigenvalue weighted by atomic mass is 9.54. The first-order valence-electron chi connectivity index (χ1n) is 11.3. The van der Waals surface area contributed by atoms with Crippen molar-refractivity contribution in [3.8, 4) is 22.3 Å². The van der Waals surface area contributed by atoms with E-state index >= 15 is 0 Å². The topological polar surface area (TPSA) is 19.4 Å². The van der Waals surface area contributed by atoms with E-state index in [4.69, 9.17) is 4.98 Å². The Morgan fingerprint density at radius 1 is 0.455 bits per heavy atom. The first kappa shape index (κ1) is 18.3. The summed E-state index contributed by atoms with van der Waals surface area (Å²) in [6.07, 6.45) is 4.06. The molecule has 7 rings (SSSR count). The van der Waals surface area contributed by atoms with Gasteiger partial charge in [0.1, 0.15) is 0 Å². The second-order valence-electron chi connectivity index (χ2n) is 8.47. The molecule has 2 aliphatic rings. The molecule has 0 saturated heterocycles. The molecule has 154 valence electrons. The quantitative estimate of drug-likeness (QED) is 0.307. The number of anilines is 4. The Hall–Kier alpha value is -4.31. The van der Waals surface area contributed by atoms with Crippen LogP contribution in [0.15, 0.2) is 122 Å². The number of pyridine rings is 1. The second-order valence-corrected chi connectivity index (χ2v) is 8.47. The normalized spacial score (nSPS) is 13.3. The molecule has 0 atom stereocenters. The molecule has 0 saturated carbocycles. The first-order valence-corrected chi connectivity index (χ1v) is 11.3. The maximum absolute atomic E-state index is 4.69. The van der Waals surface area contributed by atoms with Crippen molar-refractivity contribution in [3.05, 3.63) is 122 Å². The van der Waals surface area contributed by atoms with Crippen molar-refractivity contribution < 1.29 is 0 Å². The molecular weight excluding hydrogens is 401 g/mol. The van der Waals surface area contributed by atoms with Crippen molar-refractivity contribution in [2.45, 2.75) is 0 Å². The highest BCUT2D eigenvalue weighted by Crippen LogP contribution is 2.48. The highest BCUT2D eigenvalue weighted by molar-refractivity contribution is 6.86. The van der Waals surface area contributed by atoms with E-state index in [0.29, 0.717) is 0 Å². The summed E-state index contributed by atoms with van der Waals surface area (Å²) < 4.78 is 0. The molecule has 33 heavy (non-hydrogen) atoms. The van der Waals surface area contributed by atoms with Crippen molar-refractivity contribution in [3.63, 3.8) is 0 Å². The van der Waals surface area contributed by atoms with Crippen LogP contribution in [-0.2, 0) is 0 Å². The minimum absolute atomic E-state index is 0.0346. The van der Waals surface area contributed by atoms with Gasteiger partial charge in [0.15, 0.2) is 0 Å². The number of hydrogen-bond acceptors (Lipinski definition) is 3. The third kappa shape index (κ3) is 2.61. The van der Waals surface area contributed by atoms with Crippen molar-refractivity contribution in [2.24, 2.45) is 0 Å². The molecule has 0 unspecified atom stereocenters. The monoisotopic (exact) mass is 421 g/mol. The summed E-state index contributed by atoms with van der Waals surface area (Å²) in [5, 5.41) is 0. The summed E-state index contributed by atoms with van der Waals surface area (Å²) in [6.45, 7) is -0.0346. The van der Waals surface area contributed by atoms with Crippen molar-refractivity contribution in [2.75, 3.05) is 9.62 Å². The molecule has 2 aliphatic heterocycles. The zero-order chi connectivity index (χ0) is 21.8. The average molecular weight is 421 g/mol. The van der Waals surface area contributed by atoms with Gasteiger partial charge in [-0.3, -0.25) is 4.98 Å². The summed E-state index contributed by atoms with van der Waals surface area (Å²) in [7, 11) is 0. The molecule has 0 N–H and O–H groups in total. The number of para-hydroxylation sites is 4. The molecule has 0 bridgehead atoms. The number of rotatable bonds is 2.